The smallest absolute Gasteiger partial charge is 0.333 e. The number of nitrogens with zero attached hydrogens (tertiary/aromatic N) is 1. The molecule has 1 N–H and O–H groups in total. The lowest BCUT2D eigenvalue weighted by atomic mass is 10.0. The molecule has 2 rings (SSSR count). The van der Waals surface area contributed by atoms with Crippen LogP contribution in [0.2, 0.25) is 0 Å². The van der Waals surface area contributed by atoms with Crippen LogP contribution in [-0.2, 0) is 9.53 Å². The van der Waals surface area contributed by atoms with Gasteiger partial charge in [0, 0.05) is 23.5 Å². The normalized spacial score (nSPS) is 12.8. The Morgan fingerprint density at radius 1 is 1.27 bits per heavy atom. The molecule has 0 aliphatic heterocycles. The Morgan fingerprint density at radius 3 is 2.59 bits per heavy atom. The summed E-state index contributed by atoms with van der Waals surface area (Å²) in [6, 6.07) is 11.0. The first-order chi connectivity index (χ1) is 10.6. The minimum absolute atomic E-state index is 0.318. The number of benzene rings is 1. The Balaban J connectivity index is 2.14. The van der Waals surface area contributed by atoms with Crippen LogP contribution in [0.25, 0.3) is 6.08 Å². The summed E-state index contributed by atoms with van der Waals surface area (Å²) in [6.45, 7) is 3.86. The molecule has 0 radical (unpaired) electrons. The van der Waals surface area contributed by atoms with Gasteiger partial charge in [-0.2, -0.15) is 0 Å². The molecule has 0 aliphatic carbocycles. The molecular weight excluding hydrogens is 278 g/mol. The highest BCUT2D eigenvalue weighted by molar-refractivity contribution is 5.92. The highest BCUT2D eigenvalue weighted by atomic mass is 16.5. The molecule has 0 aliphatic rings. The molecule has 4 heteroatoms. The van der Waals surface area contributed by atoms with E-state index in [2.05, 4.69) is 4.98 Å². The molecule has 0 bridgehead atoms. The van der Waals surface area contributed by atoms with Gasteiger partial charge in [-0.1, -0.05) is 30.3 Å². The molecule has 0 spiro atoms. The highest BCUT2D eigenvalue weighted by Crippen LogP contribution is 2.21. The fraction of sp³-hybridized carbons (Fsp3) is 0.222. The predicted molar refractivity (Wildman–Crippen MR) is 85.0 cm³/mol. The van der Waals surface area contributed by atoms with Crippen molar-refractivity contribution in [3.8, 4) is 0 Å². The zero-order valence-corrected chi connectivity index (χ0v) is 12.7. The summed E-state index contributed by atoms with van der Waals surface area (Å²) in [5.74, 6) is -0.318. The zero-order chi connectivity index (χ0) is 15.9. The maximum Gasteiger partial charge on any atom is 0.333 e. The van der Waals surface area contributed by atoms with Crippen LogP contribution in [0.5, 0.6) is 0 Å². The molecule has 0 saturated carbocycles. The van der Waals surface area contributed by atoms with Crippen LogP contribution < -0.4 is 0 Å². The summed E-state index contributed by atoms with van der Waals surface area (Å²) in [4.78, 5) is 15.6. The van der Waals surface area contributed by atoms with Crippen molar-refractivity contribution in [2.45, 2.75) is 20.0 Å². The molecule has 0 saturated heterocycles. The van der Waals surface area contributed by atoms with Crippen molar-refractivity contribution < 1.29 is 14.6 Å². The van der Waals surface area contributed by atoms with Crippen molar-refractivity contribution in [1.82, 2.24) is 4.98 Å². The van der Waals surface area contributed by atoms with E-state index in [0.29, 0.717) is 12.2 Å². The van der Waals surface area contributed by atoms with Gasteiger partial charge in [-0.3, -0.25) is 4.98 Å². The van der Waals surface area contributed by atoms with Gasteiger partial charge in [0.05, 0.1) is 6.61 Å². The third-order valence-corrected chi connectivity index (χ3v) is 3.23. The maximum atomic E-state index is 11.6. The van der Waals surface area contributed by atoms with Crippen LogP contribution in [0.1, 0.15) is 36.6 Å². The monoisotopic (exact) mass is 297 g/mol. The van der Waals surface area contributed by atoms with Crippen molar-refractivity contribution in [2.24, 2.45) is 0 Å². The number of aliphatic hydroxyl groups excluding tert-OH is 1. The predicted octanol–water partition coefficient (Wildman–Crippen LogP) is 3.13. The van der Waals surface area contributed by atoms with E-state index in [1.165, 1.54) is 0 Å². The lowest BCUT2D eigenvalue weighted by Gasteiger charge is -2.11. The minimum Gasteiger partial charge on any atom is -0.463 e. The number of aromatic nitrogens is 1. The van der Waals surface area contributed by atoms with Crippen LogP contribution in [0.15, 0.2) is 54.4 Å². The molecular formula is C18H19NO3. The molecule has 1 aromatic carbocycles. The van der Waals surface area contributed by atoms with E-state index < -0.39 is 6.10 Å². The highest BCUT2D eigenvalue weighted by Gasteiger charge is 2.10. The van der Waals surface area contributed by atoms with Gasteiger partial charge in [-0.25, -0.2) is 4.79 Å². The van der Waals surface area contributed by atoms with Gasteiger partial charge in [0.2, 0.25) is 0 Å². The lowest BCUT2D eigenvalue weighted by Crippen LogP contribution is -2.04. The second kappa shape index (κ2) is 7.52. The van der Waals surface area contributed by atoms with Crippen molar-refractivity contribution in [1.29, 1.82) is 0 Å². The molecule has 0 amide bonds. The molecule has 1 heterocycles. The van der Waals surface area contributed by atoms with Crippen LogP contribution in [-0.4, -0.2) is 22.7 Å². The topological polar surface area (TPSA) is 59.4 Å². The van der Waals surface area contributed by atoms with Gasteiger partial charge in [-0.05, 0) is 37.1 Å². The summed E-state index contributed by atoms with van der Waals surface area (Å²) in [5, 5.41) is 10.3. The van der Waals surface area contributed by atoms with Crippen molar-refractivity contribution in [2.75, 3.05) is 6.61 Å². The summed E-state index contributed by atoms with van der Waals surface area (Å²) < 4.78 is 4.94. The van der Waals surface area contributed by atoms with E-state index in [1.807, 2.05) is 30.3 Å². The number of hydrogen-bond donors (Lipinski definition) is 1. The average molecular weight is 297 g/mol. The minimum atomic E-state index is -0.710. The van der Waals surface area contributed by atoms with Crippen LogP contribution >= 0.6 is 0 Å². The first-order valence-electron chi connectivity index (χ1n) is 7.15. The first kappa shape index (κ1) is 15.9. The third kappa shape index (κ3) is 4.02. The largest absolute Gasteiger partial charge is 0.463 e. The number of esters is 1. The number of aliphatic hydroxyl groups is 1. The van der Waals surface area contributed by atoms with Crippen LogP contribution in [0, 0.1) is 0 Å². The first-order valence-corrected chi connectivity index (χ1v) is 7.15. The summed E-state index contributed by atoms with van der Waals surface area (Å²) in [5.41, 5.74) is 2.95. The Hall–Kier alpha value is -2.46. The number of ether oxygens (including phenoxy) is 1. The van der Waals surface area contributed by atoms with Crippen molar-refractivity contribution in [3.63, 3.8) is 0 Å². The van der Waals surface area contributed by atoms with Gasteiger partial charge in [0.25, 0.3) is 0 Å². The third-order valence-electron chi connectivity index (χ3n) is 3.23. The molecule has 22 heavy (non-hydrogen) atoms. The second-order valence-electron chi connectivity index (χ2n) is 4.90. The lowest BCUT2D eigenvalue weighted by molar-refractivity contribution is -0.138. The molecule has 0 fully saturated rings. The Morgan fingerprint density at radius 2 is 2.00 bits per heavy atom. The molecule has 114 valence electrons. The van der Waals surface area contributed by atoms with Crippen LogP contribution in [0.4, 0.5) is 0 Å². The van der Waals surface area contributed by atoms with E-state index in [1.54, 1.807) is 38.4 Å². The van der Waals surface area contributed by atoms with E-state index in [4.69, 9.17) is 4.74 Å². The summed E-state index contributed by atoms with van der Waals surface area (Å²) in [7, 11) is 0. The number of carbonyl (C=O) groups excluding carboxylic acids is 1. The van der Waals surface area contributed by atoms with Crippen molar-refractivity contribution in [3.05, 3.63) is 71.1 Å². The number of hydrogen-bond acceptors (Lipinski definition) is 4. The standard InChI is InChI=1S/C18H19NO3/c1-3-22-18(21)13(2)11-14-6-8-15(9-7-14)17(20)16-5-4-10-19-12-16/h4-12,17,20H,3H2,1-2H3/b13-11+. The van der Waals surface area contributed by atoms with Gasteiger partial charge < -0.3 is 9.84 Å². The number of pyridine rings is 1. The molecule has 4 nitrogen and oxygen atoms in total. The number of rotatable bonds is 5. The zero-order valence-electron chi connectivity index (χ0n) is 12.7. The summed E-state index contributed by atoms with van der Waals surface area (Å²) in [6.07, 6.45) is 4.36. The Bertz CT molecular complexity index is 648. The van der Waals surface area contributed by atoms with E-state index in [-0.39, 0.29) is 5.97 Å². The van der Waals surface area contributed by atoms with Crippen molar-refractivity contribution >= 4 is 12.0 Å². The Labute approximate surface area is 130 Å². The van der Waals surface area contributed by atoms with E-state index in [9.17, 15) is 9.90 Å². The molecule has 1 atom stereocenters. The maximum absolute atomic E-state index is 11.6. The molecule has 2 aromatic rings. The SMILES string of the molecule is CCOC(=O)/C(C)=C/c1ccc(C(O)c2cccnc2)cc1. The van der Waals surface area contributed by atoms with E-state index >= 15 is 0 Å². The average Bonchev–Trinajstić information content (AvgIpc) is 2.56. The molecule has 1 unspecified atom stereocenters. The van der Waals surface area contributed by atoms with Gasteiger partial charge >= 0.3 is 5.97 Å². The summed E-state index contributed by atoms with van der Waals surface area (Å²) >= 11 is 0. The van der Waals surface area contributed by atoms with E-state index in [0.717, 1.165) is 16.7 Å². The fourth-order valence-corrected chi connectivity index (χ4v) is 2.06. The molecule has 1 aromatic heterocycles. The van der Waals surface area contributed by atoms with Crippen LogP contribution in [0.3, 0.4) is 0 Å². The van der Waals surface area contributed by atoms with Gasteiger partial charge in [0.1, 0.15) is 6.10 Å². The second-order valence-corrected chi connectivity index (χ2v) is 4.90. The quantitative estimate of drug-likeness (QED) is 0.680. The number of carbonyl (C=O) groups is 1. The van der Waals surface area contributed by atoms with Gasteiger partial charge in [0.15, 0.2) is 0 Å². The van der Waals surface area contributed by atoms with Gasteiger partial charge in [-0.15, -0.1) is 0 Å². The fourth-order valence-electron chi connectivity index (χ4n) is 2.06. The Kier molecular flexibility index (Phi) is 5.44.